The molecule has 1 aliphatic rings. The summed E-state index contributed by atoms with van der Waals surface area (Å²) in [5.41, 5.74) is 0.652. The summed E-state index contributed by atoms with van der Waals surface area (Å²) in [6.45, 7) is 2.49. The molecule has 9 heteroatoms. The van der Waals surface area contributed by atoms with E-state index in [1.54, 1.807) is 31.2 Å². The Kier molecular flexibility index (Phi) is 6.05. The summed E-state index contributed by atoms with van der Waals surface area (Å²) in [5, 5.41) is 5.32. The number of aromatic nitrogens is 1. The normalized spacial score (nSPS) is 12.4. The molecule has 0 unspecified atom stereocenters. The number of hydrogen-bond acceptors (Lipinski definition) is 6. The number of nitrogens with one attached hydrogen (secondary N) is 2. The molecule has 9 nitrogen and oxygen atoms in total. The number of rotatable bonds is 5. The quantitative estimate of drug-likeness (QED) is 0.605. The molecular formula is C19H20N4O5. The topological polar surface area (TPSA) is 110 Å². The number of carbonyl (C=O) groups excluding carboxylic acids is 3. The average Bonchev–Trinajstić information content (AvgIpc) is 2.68. The third kappa shape index (κ3) is 4.76. The van der Waals surface area contributed by atoms with Crippen LogP contribution < -0.4 is 20.3 Å². The number of esters is 1. The molecule has 0 saturated heterocycles. The average molecular weight is 384 g/mol. The lowest BCUT2D eigenvalue weighted by atomic mass is 10.3. The van der Waals surface area contributed by atoms with E-state index < -0.39 is 18.3 Å². The zero-order chi connectivity index (χ0) is 19.9. The second kappa shape index (κ2) is 8.85. The maximum absolute atomic E-state index is 12.7. The van der Waals surface area contributed by atoms with Crippen LogP contribution in [0.25, 0.3) is 0 Å². The van der Waals surface area contributed by atoms with Gasteiger partial charge in [0.1, 0.15) is 18.8 Å². The van der Waals surface area contributed by atoms with Crippen molar-refractivity contribution in [3.63, 3.8) is 0 Å². The van der Waals surface area contributed by atoms with E-state index in [1.165, 1.54) is 4.90 Å². The van der Waals surface area contributed by atoms with Gasteiger partial charge in [-0.05, 0) is 31.2 Å². The number of para-hydroxylation sites is 1. The smallest absolute Gasteiger partial charge is 0.327 e. The Hall–Kier alpha value is -3.62. The summed E-state index contributed by atoms with van der Waals surface area (Å²) in [6, 6.07) is 11.8. The van der Waals surface area contributed by atoms with Gasteiger partial charge in [-0.3, -0.25) is 14.5 Å². The summed E-state index contributed by atoms with van der Waals surface area (Å²) in [7, 11) is 0. The SMILES string of the molecule is CCOC(=O)CC(=O)Nc1ccc2c(n1)N(C(=O)Nc1ccccc1)CCO2. The molecule has 0 saturated carbocycles. The number of amides is 3. The van der Waals surface area contributed by atoms with E-state index in [4.69, 9.17) is 9.47 Å². The van der Waals surface area contributed by atoms with Crippen LogP contribution in [0.3, 0.4) is 0 Å². The van der Waals surface area contributed by atoms with E-state index in [-0.39, 0.29) is 24.3 Å². The van der Waals surface area contributed by atoms with E-state index >= 15 is 0 Å². The lowest BCUT2D eigenvalue weighted by Gasteiger charge is -2.28. The van der Waals surface area contributed by atoms with Crippen molar-refractivity contribution in [3.8, 4) is 5.75 Å². The number of nitrogens with zero attached hydrogens (tertiary/aromatic N) is 2. The lowest BCUT2D eigenvalue weighted by Crippen LogP contribution is -2.41. The Balaban J connectivity index is 1.73. The number of benzene rings is 1. The second-order valence-corrected chi connectivity index (χ2v) is 5.84. The molecule has 1 aliphatic heterocycles. The molecule has 0 radical (unpaired) electrons. The van der Waals surface area contributed by atoms with Crippen molar-refractivity contribution in [2.45, 2.75) is 13.3 Å². The van der Waals surface area contributed by atoms with Crippen LogP contribution in [0.4, 0.5) is 22.1 Å². The molecule has 1 aromatic heterocycles. The highest BCUT2D eigenvalue weighted by Crippen LogP contribution is 2.31. The molecule has 0 bridgehead atoms. The Morgan fingerprint density at radius 1 is 1.14 bits per heavy atom. The number of urea groups is 1. The summed E-state index contributed by atoms with van der Waals surface area (Å²) >= 11 is 0. The molecule has 0 atom stereocenters. The minimum atomic E-state index is -0.620. The van der Waals surface area contributed by atoms with E-state index in [9.17, 15) is 14.4 Å². The standard InChI is InChI=1S/C19H20N4O5/c1-2-27-17(25)12-16(24)21-15-9-8-14-18(22-15)23(10-11-28-14)19(26)20-13-6-4-3-5-7-13/h3-9H,2,10-12H2,1H3,(H,20,26)(H,21,22,24). The van der Waals surface area contributed by atoms with Crippen LogP contribution >= 0.6 is 0 Å². The number of carbonyl (C=O) groups is 3. The summed E-state index contributed by atoms with van der Waals surface area (Å²) in [4.78, 5) is 41.7. The zero-order valence-corrected chi connectivity index (χ0v) is 15.3. The van der Waals surface area contributed by atoms with Crippen LogP contribution in [-0.2, 0) is 14.3 Å². The highest BCUT2D eigenvalue weighted by molar-refractivity contribution is 6.03. The molecular weight excluding hydrogens is 364 g/mol. The molecule has 1 aromatic carbocycles. The van der Waals surface area contributed by atoms with Gasteiger partial charge in [-0.25, -0.2) is 9.78 Å². The Bertz CT molecular complexity index is 872. The molecule has 0 aliphatic carbocycles. The van der Waals surface area contributed by atoms with Gasteiger partial charge in [-0.15, -0.1) is 0 Å². The minimum Gasteiger partial charge on any atom is -0.488 e. The number of hydrogen-bond donors (Lipinski definition) is 2. The van der Waals surface area contributed by atoms with Crippen molar-refractivity contribution < 1.29 is 23.9 Å². The fourth-order valence-electron chi connectivity index (χ4n) is 2.60. The van der Waals surface area contributed by atoms with Gasteiger partial charge in [-0.2, -0.15) is 0 Å². The molecule has 2 heterocycles. The first-order valence-electron chi connectivity index (χ1n) is 8.79. The maximum atomic E-state index is 12.7. The van der Waals surface area contributed by atoms with Crippen LogP contribution in [0, 0.1) is 0 Å². The fourth-order valence-corrected chi connectivity index (χ4v) is 2.60. The number of fused-ring (bicyclic) bond motifs is 1. The van der Waals surface area contributed by atoms with E-state index in [1.807, 2.05) is 18.2 Å². The predicted molar refractivity (Wildman–Crippen MR) is 102 cm³/mol. The van der Waals surface area contributed by atoms with Crippen LogP contribution in [0.5, 0.6) is 5.75 Å². The molecule has 28 heavy (non-hydrogen) atoms. The molecule has 3 amide bonds. The maximum Gasteiger partial charge on any atom is 0.327 e. The third-order valence-electron chi connectivity index (χ3n) is 3.82. The van der Waals surface area contributed by atoms with Crippen molar-refractivity contribution >= 4 is 35.2 Å². The van der Waals surface area contributed by atoms with Crippen molar-refractivity contribution in [3.05, 3.63) is 42.5 Å². The van der Waals surface area contributed by atoms with E-state index in [2.05, 4.69) is 15.6 Å². The second-order valence-electron chi connectivity index (χ2n) is 5.84. The highest BCUT2D eigenvalue weighted by atomic mass is 16.5. The Morgan fingerprint density at radius 2 is 1.93 bits per heavy atom. The third-order valence-corrected chi connectivity index (χ3v) is 3.82. The lowest BCUT2D eigenvalue weighted by molar-refractivity contribution is -0.145. The van der Waals surface area contributed by atoms with Gasteiger partial charge in [0, 0.05) is 5.69 Å². The van der Waals surface area contributed by atoms with Gasteiger partial charge in [0.2, 0.25) is 5.91 Å². The minimum absolute atomic E-state index is 0.200. The van der Waals surface area contributed by atoms with E-state index in [0.717, 1.165) is 0 Å². The molecule has 3 rings (SSSR count). The predicted octanol–water partition coefficient (Wildman–Crippen LogP) is 2.40. The molecule has 2 aromatic rings. The largest absolute Gasteiger partial charge is 0.488 e. The Morgan fingerprint density at radius 3 is 2.68 bits per heavy atom. The van der Waals surface area contributed by atoms with Crippen molar-refractivity contribution in [2.24, 2.45) is 0 Å². The van der Waals surface area contributed by atoms with Gasteiger partial charge in [-0.1, -0.05) is 18.2 Å². The van der Waals surface area contributed by atoms with Crippen molar-refractivity contribution in [1.29, 1.82) is 0 Å². The number of pyridine rings is 1. The Labute approximate surface area is 161 Å². The first kappa shape index (κ1) is 19.2. The van der Waals surface area contributed by atoms with Gasteiger partial charge >= 0.3 is 12.0 Å². The van der Waals surface area contributed by atoms with Gasteiger partial charge in [0.15, 0.2) is 11.6 Å². The molecule has 146 valence electrons. The van der Waals surface area contributed by atoms with Crippen LogP contribution in [0.2, 0.25) is 0 Å². The van der Waals surface area contributed by atoms with Crippen LogP contribution in [0.1, 0.15) is 13.3 Å². The number of ether oxygens (including phenoxy) is 2. The van der Waals surface area contributed by atoms with Crippen molar-refractivity contribution in [1.82, 2.24) is 4.98 Å². The van der Waals surface area contributed by atoms with Gasteiger partial charge < -0.3 is 20.1 Å². The van der Waals surface area contributed by atoms with Crippen molar-refractivity contribution in [2.75, 3.05) is 35.3 Å². The monoisotopic (exact) mass is 384 g/mol. The fraction of sp³-hybridized carbons (Fsp3) is 0.263. The number of anilines is 3. The van der Waals surface area contributed by atoms with Crippen LogP contribution in [0.15, 0.2) is 42.5 Å². The van der Waals surface area contributed by atoms with Gasteiger partial charge in [0.05, 0.1) is 13.2 Å². The first-order valence-corrected chi connectivity index (χ1v) is 8.79. The molecule has 0 spiro atoms. The summed E-state index contributed by atoms with van der Waals surface area (Å²) in [5.74, 6) is -0.254. The van der Waals surface area contributed by atoms with Crippen LogP contribution in [-0.4, -0.2) is 42.7 Å². The zero-order valence-electron chi connectivity index (χ0n) is 15.3. The highest BCUT2D eigenvalue weighted by Gasteiger charge is 2.26. The van der Waals surface area contributed by atoms with E-state index in [0.29, 0.717) is 24.6 Å². The summed E-state index contributed by atoms with van der Waals surface area (Å²) in [6.07, 6.45) is -0.415. The van der Waals surface area contributed by atoms with Gasteiger partial charge in [0.25, 0.3) is 0 Å². The summed E-state index contributed by atoms with van der Waals surface area (Å²) < 4.78 is 10.3. The molecule has 2 N–H and O–H groups in total. The first-order chi connectivity index (χ1) is 13.6. The molecule has 0 fully saturated rings.